The molecule has 0 bridgehead atoms. The molecule has 0 fully saturated rings. The molecule has 0 aliphatic rings. The Kier molecular flexibility index (Phi) is 5.91. The van der Waals surface area contributed by atoms with Crippen LogP contribution in [0.5, 0.6) is 5.75 Å². The van der Waals surface area contributed by atoms with Crippen molar-refractivity contribution in [1.29, 1.82) is 0 Å². The lowest BCUT2D eigenvalue weighted by Gasteiger charge is -2.23. The van der Waals surface area contributed by atoms with Gasteiger partial charge < -0.3 is 9.64 Å². The minimum Gasteiger partial charge on any atom is -0.497 e. The lowest BCUT2D eigenvalue weighted by molar-refractivity contribution is 0.0981. The summed E-state index contributed by atoms with van der Waals surface area (Å²) in [6.07, 6.45) is 0. The second-order valence-electron chi connectivity index (χ2n) is 6.85. The SMILES string of the molecule is COc1ccc(N(Cc2ccccc2)C(=O)c2nc(C)sc2-c2ccccc2)cc1. The standard InChI is InChI=1S/C25H22N2O2S/c1-18-26-23(24(30-18)20-11-7-4-8-12-20)25(28)27(17-19-9-5-3-6-10-19)21-13-15-22(29-2)16-14-21/h3-16H,17H2,1-2H3. The van der Waals surface area contributed by atoms with Gasteiger partial charge in [0.25, 0.3) is 5.91 Å². The quantitative estimate of drug-likeness (QED) is 0.390. The molecule has 0 unspecified atom stereocenters. The molecule has 1 heterocycles. The van der Waals surface area contributed by atoms with Crippen LogP contribution in [-0.4, -0.2) is 18.0 Å². The third-order valence-corrected chi connectivity index (χ3v) is 5.81. The van der Waals surface area contributed by atoms with Crippen LogP contribution >= 0.6 is 11.3 Å². The highest BCUT2D eigenvalue weighted by molar-refractivity contribution is 7.15. The van der Waals surface area contributed by atoms with Gasteiger partial charge in [-0.3, -0.25) is 4.79 Å². The van der Waals surface area contributed by atoms with Gasteiger partial charge in [0.2, 0.25) is 0 Å². The molecular formula is C25H22N2O2S. The van der Waals surface area contributed by atoms with E-state index in [0.29, 0.717) is 12.2 Å². The molecule has 0 atom stereocenters. The van der Waals surface area contributed by atoms with E-state index in [9.17, 15) is 4.79 Å². The molecule has 0 saturated carbocycles. The van der Waals surface area contributed by atoms with Gasteiger partial charge >= 0.3 is 0 Å². The Morgan fingerprint density at radius 1 is 0.933 bits per heavy atom. The van der Waals surface area contributed by atoms with Crippen LogP contribution in [0.15, 0.2) is 84.9 Å². The molecule has 0 radical (unpaired) electrons. The first kappa shape index (κ1) is 19.9. The molecule has 0 saturated heterocycles. The minimum atomic E-state index is -0.118. The molecule has 0 N–H and O–H groups in total. The maximum atomic E-state index is 13.8. The van der Waals surface area contributed by atoms with E-state index in [-0.39, 0.29) is 5.91 Å². The zero-order valence-electron chi connectivity index (χ0n) is 16.9. The number of hydrogen-bond donors (Lipinski definition) is 0. The summed E-state index contributed by atoms with van der Waals surface area (Å²) in [5.41, 5.74) is 3.33. The molecule has 150 valence electrons. The summed E-state index contributed by atoms with van der Waals surface area (Å²) in [5.74, 6) is 0.632. The molecular weight excluding hydrogens is 392 g/mol. The predicted molar refractivity (Wildman–Crippen MR) is 122 cm³/mol. The summed E-state index contributed by atoms with van der Waals surface area (Å²) in [6, 6.07) is 27.5. The van der Waals surface area contributed by atoms with Crippen LogP contribution in [0, 0.1) is 6.92 Å². The Hall–Kier alpha value is -3.44. The molecule has 1 amide bonds. The van der Waals surface area contributed by atoms with Gasteiger partial charge in [-0.2, -0.15) is 0 Å². The van der Waals surface area contributed by atoms with Crippen molar-refractivity contribution in [3.63, 3.8) is 0 Å². The van der Waals surface area contributed by atoms with Crippen molar-refractivity contribution in [3.05, 3.63) is 101 Å². The first-order valence-corrected chi connectivity index (χ1v) is 10.5. The van der Waals surface area contributed by atoms with E-state index in [0.717, 1.165) is 32.4 Å². The highest BCUT2D eigenvalue weighted by atomic mass is 32.1. The molecule has 4 rings (SSSR count). The predicted octanol–water partition coefficient (Wildman–Crippen LogP) is 5.97. The average molecular weight is 415 g/mol. The van der Waals surface area contributed by atoms with Crippen molar-refractivity contribution in [3.8, 4) is 16.2 Å². The van der Waals surface area contributed by atoms with Gasteiger partial charge in [-0.15, -0.1) is 11.3 Å². The first-order valence-electron chi connectivity index (χ1n) is 9.68. The average Bonchev–Trinajstić information content (AvgIpc) is 3.20. The van der Waals surface area contributed by atoms with E-state index < -0.39 is 0 Å². The fourth-order valence-corrected chi connectivity index (χ4v) is 4.21. The number of benzene rings is 3. The summed E-state index contributed by atoms with van der Waals surface area (Å²) < 4.78 is 5.28. The van der Waals surface area contributed by atoms with E-state index in [1.165, 1.54) is 0 Å². The number of methoxy groups -OCH3 is 1. The number of aromatic nitrogens is 1. The zero-order valence-corrected chi connectivity index (χ0v) is 17.7. The second kappa shape index (κ2) is 8.93. The van der Waals surface area contributed by atoms with Gasteiger partial charge in [0, 0.05) is 5.69 Å². The summed E-state index contributed by atoms with van der Waals surface area (Å²) in [5, 5.41) is 0.867. The van der Waals surface area contributed by atoms with Crippen LogP contribution in [0.1, 0.15) is 21.1 Å². The molecule has 5 heteroatoms. The first-order chi connectivity index (χ1) is 14.7. The third kappa shape index (κ3) is 4.26. The molecule has 0 aliphatic heterocycles. The number of aryl methyl sites for hydroxylation is 1. The topological polar surface area (TPSA) is 42.4 Å². The molecule has 3 aromatic carbocycles. The van der Waals surface area contributed by atoms with Gasteiger partial charge in [0.1, 0.15) is 11.4 Å². The summed E-state index contributed by atoms with van der Waals surface area (Å²) in [7, 11) is 1.63. The number of carbonyl (C=O) groups excluding carboxylic acids is 1. The smallest absolute Gasteiger partial charge is 0.278 e. The Bertz CT molecular complexity index is 1120. The maximum Gasteiger partial charge on any atom is 0.278 e. The summed E-state index contributed by atoms with van der Waals surface area (Å²) in [4.78, 5) is 21.0. The Labute approximate surface area is 180 Å². The number of rotatable bonds is 6. The van der Waals surface area contributed by atoms with E-state index in [4.69, 9.17) is 4.74 Å². The number of carbonyl (C=O) groups is 1. The molecule has 30 heavy (non-hydrogen) atoms. The number of amides is 1. The van der Waals surface area contributed by atoms with Crippen LogP contribution in [-0.2, 0) is 6.54 Å². The van der Waals surface area contributed by atoms with Crippen molar-refractivity contribution in [2.45, 2.75) is 13.5 Å². The molecule has 4 nitrogen and oxygen atoms in total. The van der Waals surface area contributed by atoms with E-state index >= 15 is 0 Å². The number of hydrogen-bond acceptors (Lipinski definition) is 4. The number of anilines is 1. The monoisotopic (exact) mass is 414 g/mol. The van der Waals surface area contributed by atoms with Crippen molar-refractivity contribution >= 4 is 22.9 Å². The third-order valence-electron chi connectivity index (χ3n) is 4.79. The van der Waals surface area contributed by atoms with Gasteiger partial charge in [-0.25, -0.2) is 4.98 Å². The van der Waals surface area contributed by atoms with Crippen LogP contribution < -0.4 is 9.64 Å². The lowest BCUT2D eigenvalue weighted by Crippen LogP contribution is -2.31. The molecule has 0 spiro atoms. The van der Waals surface area contributed by atoms with Gasteiger partial charge in [0.05, 0.1) is 23.5 Å². The number of nitrogens with zero attached hydrogens (tertiary/aromatic N) is 2. The van der Waals surface area contributed by atoms with E-state index in [2.05, 4.69) is 4.98 Å². The van der Waals surface area contributed by atoms with Crippen LogP contribution in [0.3, 0.4) is 0 Å². The summed E-state index contributed by atoms with van der Waals surface area (Å²) in [6.45, 7) is 2.39. The highest BCUT2D eigenvalue weighted by Gasteiger charge is 2.25. The summed E-state index contributed by atoms with van der Waals surface area (Å²) >= 11 is 1.54. The van der Waals surface area contributed by atoms with Gasteiger partial charge in [-0.05, 0) is 42.3 Å². The molecule has 0 aliphatic carbocycles. The van der Waals surface area contributed by atoms with Gasteiger partial charge in [-0.1, -0.05) is 60.7 Å². The zero-order chi connectivity index (χ0) is 20.9. The van der Waals surface area contributed by atoms with Crippen LogP contribution in [0.25, 0.3) is 10.4 Å². The van der Waals surface area contributed by atoms with Crippen molar-refractivity contribution < 1.29 is 9.53 Å². The van der Waals surface area contributed by atoms with E-state index in [1.54, 1.807) is 23.3 Å². The molecule has 1 aromatic heterocycles. The highest BCUT2D eigenvalue weighted by Crippen LogP contribution is 2.32. The Morgan fingerprint density at radius 2 is 1.57 bits per heavy atom. The van der Waals surface area contributed by atoms with Gasteiger partial charge in [0.15, 0.2) is 0 Å². The largest absolute Gasteiger partial charge is 0.497 e. The second-order valence-corrected chi connectivity index (χ2v) is 8.05. The van der Waals surface area contributed by atoms with E-state index in [1.807, 2.05) is 91.9 Å². The van der Waals surface area contributed by atoms with Crippen LogP contribution in [0.2, 0.25) is 0 Å². The fraction of sp³-hybridized carbons (Fsp3) is 0.120. The number of thiazole rings is 1. The minimum absolute atomic E-state index is 0.118. The lowest BCUT2D eigenvalue weighted by atomic mass is 10.1. The Morgan fingerprint density at radius 3 is 2.20 bits per heavy atom. The fourth-order valence-electron chi connectivity index (χ4n) is 3.29. The maximum absolute atomic E-state index is 13.8. The van der Waals surface area contributed by atoms with Crippen molar-refractivity contribution in [2.24, 2.45) is 0 Å². The molecule has 4 aromatic rings. The Balaban J connectivity index is 1.76. The van der Waals surface area contributed by atoms with Crippen LogP contribution in [0.4, 0.5) is 5.69 Å². The number of ether oxygens (including phenoxy) is 1. The normalized spacial score (nSPS) is 10.6. The van der Waals surface area contributed by atoms with Crippen molar-refractivity contribution in [1.82, 2.24) is 4.98 Å². The van der Waals surface area contributed by atoms with Crippen molar-refractivity contribution in [2.75, 3.05) is 12.0 Å².